The summed E-state index contributed by atoms with van der Waals surface area (Å²) in [5.41, 5.74) is 2.24. The van der Waals surface area contributed by atoms with Crippen molar-refractivity contribution in [2.75, 3.05) is 13.7 Å². The van der Waals surface area contributed by atoms with E-state index in [0.29, 0.717) is 23.7 Å². The molecule has 1 aliphatic heterocycles. The number of hydrogen-bond donors (Lipinski definition) is 0. The van der Waals surface area contributed by atoms with Crippen LogP contribution in [0.4, 0.5) is 4.39 Å². The van der Waals surface area contributed by atoms with Crippen molar-refractivity contribution in [2.45, 2.75) is 25.4 Å². The minimum Gasteiger partial charge on any atom is -0.497 e. The van der Waals surface area contributed by atoms with Gasteiger partial charge in [-0.25, -0.2) is 4.39 Å². The van der Waals surface area contributed by atoms with Crippen LogP contribution in [0.25, 0.3) is 0 Å². The quantitative estimate of drug-likeness (QED) is 0.855. The molecule has 0 unspecified atom stereocenters. The lowest BCUT2D eigenvalue weighted by Gasteiger charge is -2.25. The van der Waals surface area contributed by atoms with Gasteiger partial charge in [0.2, 0.25) is 0 Å². The lowest BCUT2D eigenvalue weighted by Crippen LogP contribution is -2.23. The Morgan fingerprint density at radius 3 is 2.70 bits per heavy atom. The summed E-state index contributed by atoms with van der Waals surface area (Å²) in [6.07, 6.45) is 2.18. The van der Waals surface area contributed by atoms with Gasteiger partial charge in [0.25, 0.3) is 0 Å². The van der Waals surface area contributed by atoms with Gasteiger partial charge in [-0.05, 0) is 49.2 Å². The molecule has 1 atom stereocenters. The zero-order chi connectivity index (χ0) is 16.2. The third-order valence-corrected chi connectivity index (χ3v) is 4.42. The normalized spacial score (nSPS) is 17.9. The van der Waals surface area contributed by atoms with Crippen LogP contribution in [0.5, 0.6) is 5.75 Å². The van der Waals surface area contributed by atoms with Gasteiger partial charge in [-0.3, -0.25) is 4.90 Å². The van der Waals surface area contributed by atoms with E-state index >= 15 is 0 Å². The van der Waals surface area contributed by atoms with Crippen LogP contribution in [0.15, 0.2) is 42.5 Å². The molecule has 0 aromatic heterocycles. The zero-order valence-corrected chi connectivity index (χ0v) is 13.1. The van der Waals surface area contributed by atoms with Crippen LogP contribution in [-0.2, 0) is 6.54 Å². The van der Waals surface area contributed by atoms with Crippen LogP contribution in [0, 0.1) is 17.1 Å². The maximum Gasteiger partial charge on any atom is 0.129 e. The minimum absolute atomic E-state index is 0.301. The Kier molecular flexibility index (Phi) is 4.59. The van der Waals surface area contributed by atoms with Crippen LogP contribution in [0.1, 0.15) is 35.6 Å². The summed E-state index contributed by atoms with van der Waals surface area (Å²) in [5, 5.41) is 8.83. The smallest absolute Gasteiger partial charge is 0.129 e. The fourth-order valence-corrected chi connectivity index (χ4v) is 3.18. The molecule has 118 valence electrons. The maximum atomic E-state index is 14.1. The van der Waals surface area contributed by atoms with E-state index in [4.69, 9.17) is 10.00 Å². The number of nitriles is 1. The predicted molar refractivity (Wildman–Crippen MR) is 86.5 cm³/mol. The highest BCUT2D eigenvalue weighted by molar-refractivity contribution is 5.33. The second-order valence-corrected chi connectivity index (χ2v) is 5.82. The Balaban J connectivity index is 1.77. The van der Waals surface area contributed by atoms with Crippen LogP contribution < -0.4 is 4.74 Å². The predicted octanol–water partition coefficient (Wildman–Crippen LogP) is 4.04. The van der Waals surface area contributed by atoms with E-state index in [2.05, 4.69) is 17.0 Å². The van der Waals surface area contributed by atoms with Gasteiger partial charge in [0.15, 0.2) is 0 Å². The zero-order valence-electron chi connectivity index (χ0n) is 13.1. The van der Waals surface area contributed by atoms with Crippen molar-refractivity contribution in [2.24, 2.45) is 0 Å². The molecule has 0 saturated carbocycles. The molecule has 2 aromatic carbocycles. The van der Waals surface area contributed by atoms with Crippen LogP contribution >= 0.6 is 0 Å². The third kappa shape index (κ3) is 3.35. The Morgan fingerprint density at radius 2 is 2.04 bits per heavy atom. The topological polar surface area (TPSA) is 36.3 Å². The van der Waals surface area contributed by atoms with E-state index in [1.807, 2.05) is 18.2 Å². The van der Waals surface area contributed by atoms with Gasteiger partial charge in [0, 0.05) is 18.2 Å². The average Bonchev–Trinajstić information content (AvgIpc) is 3.05. The van der Waals surface area contributed by atoms with E-state index in [1.165, 1.54) is 11.6 Å². The molecule has 1 heterocycles. The number of rotatable bonds is 4. The van der Waals surface area contributed by atoms with Crippen LogP contribution in [0.2, 0.25) is 0 Å². The molecule has 0 spiro atoms. The van der Waals surface area contributed by atoms with Crippen molar-refractivity contribution in [1.29, 1.82) is 5.26 Å². The SMILES string of the molecule is COc1ccc([C@H]2CCCN2Cc2ccc(C#N)cc2F)cc1. The van der Waals surface area contributed by atoms with Crippen molar-refractivity contribution in [1.82, 2.24) is 4.90 Å². The molecule has 23 heavy (non-hydrogen) atoms. The Labute approximate surface area is 135 Å². The Morgan fingerprint density at radius 1 is 1.26 bits per heavy atom. The number of benzene rings is 2. The first kappa shape index (κ1) is 15.5. The van der Waals surface area contributed by atoms with Gasteiger partial charge >= 0.3 is 0 Å². The van der Waals surface area contributed by atoms with Crippen LogP contribution in [-0.4, -0.2) is 18.6 Å². The molecule has 2 aromatic rings. The van der Waals surface area contributed by atoms with Crippen molar-refractivity contribution in [3.8, 4) is 11.8 Å². The summed E-state index contributed by atoms with van der Waals surface area (Å²) >= 11 is 0. The molecule has 0 bridgehead atoms. The molecule has 1 fully saturated rings. The van der Waals surface area contributed by atoms with E-state index in [-0.39, 0.29) is 5.82 Å². The molecule has 1 saturated heterocycles. The summed E-state index contributed by atoms with van der Waals surface area (Å²) in [5.74, 6) is 0.542. The summed E-state index contributed by atoms with van der Waals surface area (Å²) < 4.78 is 19.3. The number of ether oxygens (including phenoxy) is 1. The van der Waals surface area contributed by atoms with Gasteiger partial charge < -0.3 is 4.74 Å². The first-order valence-electron chi connectivity index (χ1n) is 7.78. The molecule has 1 aliphatic rings. The number of nitrogens with zero attached hydrogens (tertiary/aromatic N) is 2. The molecule has 0 N–H and O–H groups in total. The molecule has 0 aliphatic carbocycles. The standard InChI is InChI=1S/C19H19FN2O/c1-23-17-8-6-15(7-9-17)19-3-2-10-22(19)13-16-5-4-14(12-21)11-18(16)20/h4-9,11,19H,2-3,10,13H2,1H3/t19-/m1/s1. The number of likely N-dealkylation sites (tertiary alicyclic amines) is 1. The summed E-state index contributed by atoms with van der Waals surface area (Å²) in [4.78, 5) is 2.30. The van der Waals surface area contributed by atoms with E-state index in [9.17, 15) is 4.39 Å². The third-order valence-electron chi connectivity index (χ3n) is 4.42. The Bertz CT molecular complexity index is 721. The second-order valence-electron chi connectivity index (χ2n) is 5.82. The lowest BCUT2D eigenvalue weighted by atomic mass is 10.0. The second kappa shape index (κ2) is 6.80. The van der Waals surface area contributed by atoms with Gasteiger partial charge in [-0.15, -0.1) is 0 Å². The highest BCUT2D eigenvalue weighted by Gasteiger charge is 2.26. The number of methoxy groups -OCH3 is 1. The molecule has 3 rings (SSSR count). The van der Waals surface area contributed by atoms with Crippen molar-refractivity contribution in [3.63, 3.8) is 0 Å². The molecule has 3 nitrogen and oxygen atoms in total. The molecule has 0 radical (unpaired) electrons. The maximum absolute atomic E-state index is 14.1. The van der Waals surface area contributed by atoms with Gasteiger partial charge in [-0.2, -0.15) is 5.26 Å². The molecular formula is C19H19FN2O. The molecular weight excluding hydrogens is 291 g/mol. The van der Waals surface area contributed by atoms with Gasteiger partial charge in [-0.1, -0.05) is 18.2 Å². The summed E-state index contributed by atoms with van der Waals surface area (Å²) in [7, 11) is 1.66. The van der Waals surface area contributed by atoms with Gasteiger partial charge in [0.1, 0.15) is 11.6 Å². The van der Waals surface area contributed by atoms with E-state index in [1.54, 1.807) is 19.2 Å². The summed E-state index contributed by atoms with van der Waals surface area (Å²) in [6.45, 7) is 1.52. The highest BCUT2D eigenvalue weighted by atomic mass is 19.1. The van der Waals surface area contributed by atoms with Crippen molar-refractivity contribution in [3.05, 3.63) is 65.0 Å². The van der Waals surface area contributed by atoms with E-state index < -0.39 is 0 Å². The first-order valence-corrected chi connectivity index (χ1v) is 7.78. The van der Waals surface area contributed by atoms with Crippen molar-refractivity contribution < 1.29 is 9.13 Å². The monoisotopic (exact) mass is 310 g/mol. The summed E-state index contributed by atoms with van der Waals surface area (Å²) in [6, 6.07) is 15.1. The first-order chi connectivity index (χ1) is 11.2. The van der Waals surface area contributed by atoms with Crippen molar-refractivity contribution >= 4 is 0 Å². The number of halogens is 1. The van der Waals surface area contributed by atoms with E-state index in [0.717, 1.165) is 25.1 Å². The lowest BCUT2D eigenvalue weighted by molar-refractivity contribution is 0.245. The molecule has 4 heteroatoms. The fraction of sp³-hybridized carbons (Fsp3) is 0.316. The fourth-order valence-electron chi connectivity index (χ4n) is 3.18. The average molecular weight is 310 g/mol. The van der Waals surface area contributed by atoms with Gasteiger partial charge in [0.05, 0.1) is 18.7 Å². The largest absolute Gasteiger partial charge is 0.497 e. The van der Waals surface area contributed by atoms with Crippen LogP contribution in [0.3, 0.4) is 0 Å². The Hall–Kier alpha value is -2.38. The highest BCUT2D eigenvalue weighted by Crippen LogP contribution is 2.34. The number of hydrogen-bond acceptors (Lipinski definition) is 3. The minimum atomic E-state index is -0.301. The molecule has 0 amide bonds.